The molecule has 0 spiro atoms. The van der Waals surface area contributed by atoms with Gasteiger partial charge in [0.05, 0.1) is 0 Å². The lowest BCUT2D eigenvalue weighted by Gasteiger charge is -2.21. The van der Waals surface area contributed by atoms with Crippen LogP contribution in [-0.2, 0) is 0 Å². The van der Waals surface area contributed by atoms with Crippen molar-refractivity contribution in [1.29, 1.82) is 0 Å². The molecule has 0 saturated heterocycles. The van der Waals surface area contributed by atoms with Crippen molar-refractivity contribution in [2.24, 2.45) is 11.7 Å². The molecule has 0 amide bonds. The molecule has 1 heteroatoms. The lowest BCUT2D eigenvalue weighted by molar-refractivity contribution is 0.327. The molecular formula is C11H23N. The number of rotatable bonds is 4. The van der Waals surface area contributed by atoms with E-state index in [9.17, 15) is 0 Å². The topological polar surface area (TPSA) is 26.0 Å². The fraction of sp³-hybridized carbons (Fsp3) is 1.00. The van der Waals surface area contributed by atoms with E-state index in [0.717, 1.165) is 5.92 Å². The Morgan fingerprint density at radius 3 is 2.50 bits per heavy atom. The molecule has 1 aliphatic rings. The van der Waals surface area contributed by atoms with Gasteiger partial charge in [-0.3, -0.25) is 0 Å². The molecule has 1 unspecified atom stereocenters. The van der Waals surface area contributed by atoms with E-state index >= 15 is 0 Å². The third-order valence-electron chi connectivity index (χ3n) is 3.00. The molecule has 1 saturated carbocycles. The Kier molecular flexibility index (Phi) is 4.67. The van der Waals surface area contributed by atoms with Gasteiger partial charge >= 0.3 is 0 Å². The van der Waals surface area contributed by atoms with Gasteiger partial charge in [0, 0.05) is 6.04 Å². The van der Waals surface area contributed by atoms with Crippen LogP contribution in [0.3, 0.4) is 0 Å². The summed E-state index contributed by atoms with van der Waals surface area (Å²) in [5.41, 5.74) is 5.71. The fourth-order valence-electron chi connectivity index (χ4n) is 2.20. The number of hydrogen-bond acceptors (Lipinski definition) is 1. The van der Waals surface area contributed by atoms with Gasteiger partial charge in [0.1, 0.15) is 0 Å². The Labute approximate surface area is 76.7 Å². The molecule has 12 heavy (non-hydrogen) atoms. The second-order valence-corrected chi connectivity index (χ2v) is 4.41. The first-order chi connectivity index (χ1) is 5.79. The largest absolute Gasteiger partial charge is 0.328 e. The van der Waals surface area contributed by atoms with Crippen LogP contribution in [-0.4, -0.2) is 6.04 Å². The third-order valence-corrected chi connectivity index (χ3v) is 3.00. The van der Waals surface area contributed by atoms with E-state index in [-0.39, 0.29) is 0 Å². The molecule has 1 aliphatic carbocycles. The van der Waals surface area contributed by atoms with Crippen LogP contribution in [0.5, 0.6) is 0 Å². The molecule has 1 fully saturated rings. The van der Waals surface area contributed by atoms with Crippen LogP contribution in [0.1, 0.15) is 58.3 Å². The molecule has 0 aromatic rings. The maximum atomic E-state index is 5.71. The van der Waals surface area contributed by atoms with Gasteiger partial charge in [0.2, 0.25) is 0 Å². The van der Waals surface area contributed by atoms with E-state index in [2.05, 4.69) is 6.92 Å². The summed E-state index contributed by atoms with van der Waals surface area (Å²) >= 11 is 0. The van der Waals surface area contributed by atoms with E-state index in [1.807, 2.05) is 0 Å². The zero-order valence-corrected chi connectivity index (χ0v) is 8.39. The van der Waals surface area contributed by atoms with Gasteiger partial charge in [-0.05, 0) is 19.3 Å². The first-order valence-electron chi connectivity index (χ1n) is 5.54. The predicted molar refractivity (Wildman–Crippen MR) is 54.1 cm³/mol. The van der Waals surface area contributed by atoms with Crippen molar-refractivity contribution in [3.8, 4) is 0 Å². The molecule has 0 aliphatic heterocycles. The van der Waals surface area contributed by atoms with Crippen LogP contribution in [0.25, 0.3) is 0 Å². The second kappa shape index (κ2) is 5.58. The Morgan fingerprint density at radius 2 is 1.92 bits per heavy atom. The molecule has 2 N–H and O–H groups in total. The monoisotopic (exact) mass is 169 g/mol. The molecule has 0 bridgehead atoms. The molecule has 0 aromatic heterocycles. The minimum absolute atomic E-state index is 0.411. The van der Waals surface area contributed by atoms with Crippen molar-refractivity contribution in [3.63, 3.8) is 0 Å². The van der Waals surface area contributed by atoms with Crippen molar-refractivity contribution < 1.29 is 0 Å². The van der Waals surface area contributed by atoms with Crippen molar-refractivity contribution in [3.05, 3.63) is 0 Å². The quantitative estimate of drug-likeness (QED) is 0.687. The summed E-state index contributed by atoms with van der Waals surface area (Å²) in [5, 5.41) is 0. The summed E-state index contributed by atoms with van der Waals surface area (Å²) in [5.74, 6) is 1.04. The maximum absolute atomic E-state index is 5.71. The Bertz CT molecular complexity index is 104. The minimum atomic E-state index is 0.411. The summed E-state index contributed by atoms with van der Waals surface area (Å²) in [7, 11) is 0. The molecule has 0 heterocycles. The average Bonchev–Trinajstić information content (AvgIpc) is 2.05. The average molecular weight is 169 g/mol. The van der Waals surface area contributed by atoms with Crippen LogP contribution >= 0.6 is 0 Å². The molecule has 0 aromatic carbocycles. The molecule has 72 valence electrons. The van der Waals surface area contributed by atoms with Crippen molar-refractivity contribution in [2.75, 3.05) is 0 Å². The highest BCUT2D eigenvalue weighted by molar-refractivity contribution is 4.66. The van der Waals surface area contributed by atoms with Crippen LogP contribution in [0, 0.1) is 5.92 Å². The number of nitrogens with two attached hydrogens (primary N) is 1. The Balaban J connectivity index is 1.98. The first-order valence-corrected chi connectivity index (χ1v) is 5.54. The SMILES string of the molecule is CC(N)CCCC1CCCCC1. The Hall–Kier alpha value is -0.0400. The second-order valence-electron chi connectivity index (χ2n) is 4.41. The van der Waals surface area contributed by atoms with Crippen molar-refractivity contribution in [1.82, 2.24) is 0 Å². The van der Waals surface area contributed by atoms with E-state index < -0.39 is 0 Å². The molecule has 1 nitrogen and oxygen atoms in total. The van der Waals surface area contributed by atoms with E-state index in [1.165, 1.54) is 51.4 Å². The standard InChI is InChI=1S/C11H23N/c1-10(12)6-5-9-11-7-3-2-4-8-11/h10-11H,2-9,12H2,1H3. The zero-order valence-electron chi connectivity index (χ0n) is 8.39. The highest BCUT2D eigenvalue weighted by Crippen LogP contribution is 2.27. The van der Waals surface area contributed by atoms with Crippen LogP contribution in [0.15, 0.2) is 0 Å². The van der Waals surface area contributed by atoms with Gasteiger partial charge < -0.3 is 5.73 Å². The van der Waals surface area contributed by atoms with Crippen LogP contribution < -0.4 is 5.73 Å². The highest BCUT2D eigenvalue weighted by atomic mass is 14.6. The maximum Gasteiger partial charge on any atom is 0.00104 e. The van der Waals surface area contributed by atoms with Gasteiger partial charge in [-0.25, -0.2) is 0 Å². The lowest BCUT2D eigenvalue weighted by Crippen LogP contribution is -2.15. The zero-order chi connectivity index (χ0) is 8.81. The Morgan fingerprint density at radius 1 is 1.25 bits per heavy atom. The summed E-state index contributed by atoms with van der Waals surface area (Å²) < 4.78 is 0. The summed E-state index contributed by atoms with van der Waals surface area (Å²) in [4.78, 5) is 0. The van der Waals surface area contributed by atoms with Crippen molar-refractivity contribution in [2.45, 2.75) is 64.3 Å². The first kappa shape index (κ1) is 10.0. The summed E-state index contributed by atoms with van der Waals surface area (Å²) in [6.07, 6.45) is 11.4. The number of hydrogen-bond donors (Lipinski definition) is 1. The van der Waals surface area contributed by atoms with E-state index in [1.54, 1.807) is 0 Å². The predicted octanol–water partition coefficient (Wildman–Crippen LogP) is 3.08. The molecular weight excluding hydrogens is 146 g/mol. The van der Waals surface area contributed by atoms with Gasteiger partial charge in [0.25, 0.3) is 0 Å². The lowest BCUT2D eigenvalue weighted by atomic mass is 9.85. The normalized spacial score (nSPS) is 22.5. The minimum Gasteiger partial charge on any atom is -0.328 e. The van der Waals surface area contributed by atoms with Gasteiger partial charge in [-0.15, -0.1) is 0 Å². The van der Waals surface area contributed by atoms with Crippen LogP contribution in [0.2, 0.25) is 0 Å². The van der Waals surface area contributed by atoms with Crippen molar-refractivity contribution >= 4 is 0 Å². The summed E-state index contributed by atoms with van der Waals surface area (Å²) in [6, 6.07) is 0.411. The smallest absolute Gasteiger partial charge is 0.00104 e. The fourth-order valence-corrected chi connectivity index (χ4v) is 2.20. The van der Waals surface area contributed by atoms with Crippen LogP contribution in [0.4, 0.5) is 0 Å². The molecule has 1 atom stereocenters. The highest BCUT2D eigenvalue weighted by Gasteiger charge is 2.12. The van der Waals surface area contributed by atoms with Gasteiger partial charge in [0.15, 0.2) is 0 Å². The van der Waals surface area contributed by atoms with E-state index in [4.69, 9.17) is 5.73 Å². The van der Waals surface area contributed by atoms with Gasteiger partial charge in [-0.1, -0.05) is 44.9 Å². The summed E-state index contributed by atoms with van der Waals surface area (Å²) in [6.45, 7) is 2.11. The van der Waals surface area contributed by atoms with E-state index in [0.29, 0.717) is 6.04 Å². The third kappa shape index (κ3) is 4.10. The molecule has 1 rings (SSSR count). The van der Waals surface area contributed by atoms with Gasteiger partial charge in [-0.2, -0.15) is 0 Å². The molecule has 0 radical (unpaired) electrons.